The molecule has 0 nitrogen and oxygen atoms in total. The Hall–Kier alpha value is -2.41. The number of halogens is 1. The Bertz CT molecular complexity index is 803. The first kappa shape index (κ1) is 18.4. The summed E-state index contributed by atoms with van der Waals surface area (Å²) in [7, 11) is 0. The Balaban J connectivity index is 1.84. The van der Waals surface area contributed by atoms with Crippen LogP contribution in [0.15, 0.2) is 73.3 Å². The van der Waals surface area contributed by atoms with Gasteiger partial charge in [0, 0.05) is 5.56 Å². The molecule has 0 aromatic heterocycles. The summed E-state index contributed by atoms with van der Waals surface area (Å²) in [6.45, 7) is 5.79. The van der Waals surface area contributed by atoms with Crippen LogP contribution in [-0.4, -0.2) is 0 Å². The van der Waals surface area contributed by atoms with Crippen LogP contribution in [0, 0.1) is 5.82 Å². The van der Waals surface area contributed by atoms with Gasteiger partial charge in [-0.25, -0.2) is 4.39 Å². The first-order valence-corrected chi connectivity index (χ1v) is 9.58. The fourth-order valence-corrected chi connectivity index (χ4v) is 3.78. The largest absolute Gasteiger partial charge is 0.206 e. The van der Waals surface area contributed by atoms with E-state index in [0.29, 0.717) is 11.5 Å². The van der Waals surface area contributed by atoms with Gasteiger partial charge in [0.15, 0.2) is 0 Å². The summed E-state index contributed by atoms with van der Waals surface area (Å²) in [5.41, 5.74) is 4.75. The molecule has 1 aliphatic rings. The lowest BCUT2D eigenvalue weighted by molar-refractivity contribution is 0.443. The third kappa shape index (κ3) is 4.22. The molecule has 0 N–H and O–H groups in total. The fraction of sp³-hybridized carbons (Fsp3) is 0.280. The molecule has 0 atom stereocenters. The molecule has 0 aliphatic heterocycles. The predicted octanol–water partition coefficient (Wildman–Crippen LogP) is 7.69. The Morgan fingerprint density at radius 1 is 1.04 bits per heavy atom. The molecule has 1 heteroatoms. The second-order valence-corrected chi connectivity index (χ2v) is 7.00. The first-order chi connectivity index (χ1) is 12.7. The molecule has 2 aromatic rings. The zero-order valence-electron chi connectivity index (χ0n) is 15.5. The van der Waals surface area contributed by atoms with Crippen LogP contribution in [0.3, 0.4) is 0 Å². The summed E-state index contributed by atoms with van der Waals surface area (Å²) in [5.74, 6) is 0.484. The van der Waals surface area contributed by atoms with E-state index >= 15 is 0 Å². The van der Waals surface area contributed by atoms with Gasteiger partial charge in [-0.3, -0.25) is 0 Å². The van der Waals surface area contributed by atoms with Gasteiger partial charge < -0.3 is 0 Å². The minimum Gasteiger partial charge on any atom is -0.206 e. The second kappa shape index (κ2) is 8.80. The maximum absolute atomic E-state index is 14.7. The fourth-order valence-electron chi connectivity index (χ4n) is 3.78. The molecule has 2 aromatic carbocycles. The van der Waals surface area contributed by atoms with E-state index in [9.17, 15) is 4.39 Å². The van der Waals surface area contributed by atoms with Crippen LogP contribution in [0.5, 0.6) is 0 Å². The van der Waals surface area contributed by atoms with Gasteiger partial charge in [0.05, 0.1) is 0 Å². The Morgan fingerprint density at radius 2 is 1.77 bits per heavy atom. The van der Waals surface area contributed by atoms with Gasteiger partial charge >= 0.3 is 0 Å². The Morgan fingerprint density at radius 3 is 2.38 bits per heavy atom. The van der Waals surface area contributed by atoms with Crippen molar-refractivity contribution in [2.24, 2.45) is 0 Å². The molecular formula is C25H27F. The van der Waals surface area contributed by atoms with E-state index in [1.165, 1.54) is 37.7 Å². The highest BCUT2D eigenvalue weighted by molar-refractivity contribution is 5.77. The zero-order valence-corrected chi connectivity index (χ0v) is 15.5. The van der Waals surface area contributed by atoms with E-state index in [-0.39, 0.29) is 5.82 Å². The SMILES string of the molecule is C=C/C(=C\C=C/C)c1ccc(-c2ccc(C3CCCCC3)cc2)c(F)c1. The summed E-state index contributed by atoms with van der Waals surface area (Å²) in [6.07, 6.45) is 14.2. The molecule has 26 heavy (non-hydrogen) atoms. The third-order valence-corrected chi connectivity index (χ3v) is 5.29. The maximum atomic E-state index is 14.7. The van der Waals surface area contributed by atoms with Crippen molar-refractivity contribution in [2.75, 3.05) is 0 Å². The molecule has 0 bridgehead atoms. The van der Waals surface area contributed by atoms with E-state index in [1.807, 2.05) is 37.3 Å². The standard InChI is InChI=1S/C25H27F/c1-3-5-9-19(4-2)23-16-17-24(25(26)18-23)22-14-12-21(13-15-22)20-10-7-6-8-11-20/h3-5,9,12-18,20H,2,6-8,10-11H2,1H3/b5-3-,19-9+. The van der Waals surface area contributed by atoms with Crippen molar-refractivity contribution in [1.82, 2.24) is 0 Å². The molecule has 0 spiro atoms. The van der Waals surface area contributed by atoms with E-state index in [2.05, 4.69) is 30.8 Å². The quantitative estimate of drug-likeness (QED) is 0.487. The molecule has 1 saturated carbocycles. The number of hydrogen-bond donors (Lipinski definition) is 0. The van der Waals surface area contributed by atoms with Crippen LogP contribution in [0.25, 0.3) is 16.7 Å². The van der Waals surface area contributed by atoms with Crippen LogP contribution < -0.4 is 0 Å². The zero-order chi connectivity index (χ0) is 18.4. The maximum Gasteiger partial charge on any atom is 0.131 e. The van der Waals surface area contributed by atoms with Crippen molar-refractivity contribution in [3.63, 3.8) is 0 Å². The van der Waals surface area contributed by atoms with Gasteiger partial charge in [0.25, 0.3) is 0 Å². The summed E-state index contributed by atoms with van der Waals surface area (Å²) in [4.78, 5) is 0. The van der Waals surface area contributed by atoms with Gasteiger partial charge in [0.2, 0.25) is 0 Å². The lowest BCUT2D eigenvalue weighted by Crippen LogP contribution is -2.04. The normalized spacial score (nSPS) is 16.2. The van der Waals surface area contributed by atoms with Gasteiger partial charge in [-0.05, 0) is 54.0 Å². The Labute approximate surface area is 156 Å². The molecule has 0 amide bonds. The number of hydrogen-bond acceptors (Lipinski definition) is 0. The highest BCUT2D eigenvalue weighted by atomic mass is 19.1. The van der Waals surface area contributed by atoms with Crippen molar-refractivity contribution in [1.29, 1.82) is 0 Å². The predicted molar refractivity (Wildman–Crippen MR) is 111 cm³/mol. The molecule has 0 saturated heterocycles. The van der Waals surface area contributed by atoms with Crippen molar-refractivity contribution >= 4 is 5.57 Å². The molecule has 134 valence electrons. The Kier molecular flexibility index (Phi) is 6.22. The number of benzene rings is 2. The monoisotopic (exact) mass is 346 g/mol. The highest BCUT2D eigenvalue weighted by Crippen LogP contribution is 2.34. The molecule has 0 heterocycles. The molecule has 0 radical (unpaired) electrons. The number of rotatable bonds is 5. The van der Waals surface area contributed by atoms with Gasteiger partial charge in [-0.1, -0.05) is 86.5 Å². The smallest absolute Gasteiger partial charge is 0.131 e. The van der Waals surface area contributed by atoms with Gasteiger partial charge in [-0.15, -0.1) is 0 Å². The van der Waals surface area contributed by atoms with Gasteiger partial charge in [0.1, 0.15) is 5.82 Å². The van der Waals surface area contributed by atoms with E-state index in [1.54, 1.807) is 12.1 Å². The summed E-state index contributed by atoms with van der Waals surface area (Å²) in [5, 5.41) is 0. The summed E-state index contributed by atoms with van der Waals surface area (Å²) in [6, 6.07) is 13.9. The van der Waals surface area contributed by atoms with Gasteiger partial charge in [-0.2, -0.15) is 0 Å². The van der Waals surface area contributed by atoms with Crippen LogP contribution in [0.2, 0.25) is 0 Å². The van der Waals surface area contributed by atoms with E-state index < -0.39 is 0 Å². The number of allylic oxidation sites excluding steroid dienone is 5. The minimum absolute atomic E-state index is 0.193. The second-order valence-electron chi connectivity index (χ2n) is 7.00. The molecule has 0 unspecified atom stereocenters. The van der Waals surface area contributed by atoms with Crippen LogP contribution in [0.4, 0.5) is 4.39 Å². The highest BCUT2D eigenvalue weighted by Gasteiger charge is 2.15. The third-order valence-electron chi connectivity index (χ3n) is 5.29. The lowest BCUT2D eigenvalue weighted by atomic mass is 9.83. The van der Waals surface area contributed by atoms with Crippen molar-refractivity contribution in [3.05, 3.63) is 90.3 Å². The summed E-state index contributed by atoms with van der Waals surface area (Å²) < 4.78 is 14.7. The molecule has 1 aliphatic carbocycles. The first-order valence-electron chi connectivity index (χ1n) is 9.58. The van der Waals surface area contributed by atoms with E-state index in [4.69, 9.17) is 0 Å². The average molecular weight is 346 g/mol. The molecule has 1 fully saturated rings. The van der Waals surface area contributed by atoms with E-state index in [0.717, 1.165) is 16.7 Å². The van der Waals surface area contributed by atoms with Crippen LogP contribution >= 0.6 is 0 Å². The molecular weight excluding hydrogens is 319 g/mol. The van der Waals surface area contributed by atoms with Crippen LogP contribution in [-0.2, 0) is 0 Å². The molecule has 3 rings (SSSR count). The topological polar surface area (TPSA) is 0 Å². The summed E-state index contributed by atoms with van der Waals surface area (Å²) >= 11 is 0. The van der Waals surface area contributed by atoms with Crippen molar-refractivity contribution in [2.45, 2.75) is 44.9 Å². The van der Waals surface area contributed by atoms with Crippen molar-refractivity contribution < 1.29 is 4.39 Å². The van der Waals surface area contributed by atoms with Crippen molar-refractivity contribution in [3.8, 4) is 11.1 Å². The average Bonchev–Trinajstić information content (AvgIpc) is 2.69. The lowest BCUT2D eigenvalue weighted by Gasteiger charge is -2.22. The minimum atomic E-state index is -0.193. The van der Waals surface area contributed by atoms with Crippen LogP contribution in [0.1, 0.15) is 56.1 Å².